The van der Waals surface area contributed by atoms with Gasteiger partial charge in [0.2, 0.25) is 15.9 Å². The normalized spacial score (nSPS) is 19.1. The minimum atomic E-state index is -3.39. The van der Waals surface area contributed by atoms with Gasteiger partial charge in [0.1, 0.15) is 0 Å². The van der Waals surface area contributed by atoms with Crippen molar-refractivity contribution >= 4 is 27.5 Å². The molecule has 0 atom stereocenters. The molecule has 6 heteroatoms. The minimum absolute atomic E-state index is 0.0793. The second-order valence-electron chi connectivity index (χ2n) is 3.59. The molecule has 1 saturated heterocycles. The molecule has 86 valence electrons. The summed E-state index contributed by atoms with van der Waals surface area (Å²) in [5.74, 6) is -0.422. The first kappa shape index (κ1) is 11.4. The van der Waals surface area contributed by atoms with E-state index in [0.29, 0.717) is 5.02 Å². The maximum atomic E-state index is 11.5. The van der Waals surface area contributed by atoms with Gasteiger partial charge in [-0.15, -0.1) is 0 Å². The highest BCUT2D eigenvalue weighted by Gasteiger charge is 2.34. The maximum absolute atomic E-state index is 11.5. The first-order valence-corrected chi connectivity index (χ1v) is 6.75. The molecule has 0 bridgehead atoms. The SMILES string of the molecule is O=C1CCS(=O)(=O)N1Cc1ccc(Cl)cc1. The van der Waals surface area contributed by atoms with E-state index in [1.54, 1.807) is 24.3 Å². The third kappa shape index (κ3) is 2.20. The molecular weight excluding hydrogens is 250 g/mol. The third-order valence-corrected chi connectivity index (χ3v) is 4.40. The summed E-state index contributed by atoms with van der Waals surface area (Å²) in [5, 5.41) is 0.583. The van der Waals surface area contributed by atoms with Gasteiger partial charge >= 0.3 is 0 Å². The van der Waals surface area contributed by atoms with Gasteiger partial charge in [-0.05, 0) is 17.7 Å². The highest BCUT2D eigenvalue weighted by atomic mass is 35.5. The lowest BCUT2D eigenvalue weighted by Crippen LogP contribution is -2.28. The first-order chi connectivity index (χ1) is 7.49. The fourth-order valence-electron chi connectivity index (χ4n) is 1.55. The molecule has 0 radical (unpaired) electrons. The van der Waals surface area contributed by atoms with Crippen LogP contribution in [0.5, 0.6) is 0 Å². The predicted octanol–water partition coefficient (Wildman–Crippen LogP) is 1.40. The van der Waals surface area contributed by atoms with Gasteiger partial charge in [0.05, 0.1) is 12.3 Å². The number of carbonyl (C=O) groups excluding carboxylic acids is 1. The van der Waals surface area contributed by atoms with Crippen molar-refractivity contribution in [1.29, 1.82) is 0 Å². The molecule has 1 fully saturated rings. The number of halogens is 1. The van der Waals surface area contributed by atoms with Gasteiger partial charge < -0.3 is 0 Å². The van der Waals surface area contributed by atoms with Crippen molar-refractivity contribution in [3.8, 4) is 0 Å². The van der Waals surface area contributed by atoms with E-state index in [0.717, 1.165) is 9.87 Å². The Morgan fingerprint density at radius 1 is 1.25 bits per heavy atom. The number of sulfonamides is 1. The summed E-state index contributed by atoms with van der Waals surface area (Å²) in [6.45, 7) is 0.0956. The minimum Gasteiger partial charge on any atom is -0.274 e. The van der Waals surface area contributed by atoms with E-state index in [-0.39, 0.29) is 24.6 Å². The van der Waals surface area contributed by atoms with Crippen molar-refractivity contribution in [3.05, 3.63) is 34.9 Å². The van der Waals surface area contributed by atoms with E-state index >= 15 is 0 Å². The Balaban J connectivity index is 2.21. The Bertz CT molecular complexity index is 509. The van der Waals surface area contributed by atoms with Crippen LogP contribution in [0.15, 0.2) is 24.3 Å². The third-order valence-electron chi connectivity index (χ3n) is 2.43. The van der Waals surface area contributed by atoms with E-state index in [1.807, 2.05) is 0 Å². The molecule has 1 aliphatic rings. The molecule has 1 aliphatic heterocycles. The van der Waals surface area contributed by atoms with Crippen molar-refractivity contribution < 1.29 is 13.2 Å². The van der Waals surface area contributed by atoms with Gasteiger partial charge in [-0.1, -0.05) is 23.7 Å². The number of nitrogens with zero attached hydrogens (tertiary/aromatic N) is 1. The summed E-state index contributed by atoms with van der Waals surface area (Å²) >= 11 is 5.71. The Labute approximate surface area is 98.9 Å². The van der Waals surface area contributed by atoms with Crippen molar-refractivity contribution in [1.82, 2.24) is 4.31 Å². The highest BCUT2D eigenvalue weighted by Crippen LogP contribution is 2.19. The van der Waals surface area contributed by atoms with Crippen molar-refractivity contribution in [3.63, 3.8) is 0 Å². The molecule has 16 heavy (non-hydrogen) atoms. The molecule has 0 N–H and O–H groups in total. The van der Waals surface area contributed by atoms with Crippen LogP contribution < -0.4 is 0 Å². The van der Waals surface area contributed by atoms with Crippen LogP contribution in [-0.4, -0.2) is 24.4 Å². The lowest BCUT2D eigenvalue weighted by molar-refractivity contribution is -0.125. The largest absolute Gasteiger partial charge is 0.274 e. The Morgan fingerprint density at radius 2 is 1.88 bits per heavy atom. The fraction of sp³-hybridized carbons (Fsp3) is 0.300. The van der Waals surface area contributed by atoms with Gasteiger partial charge in [0, 0.05) is 11.4 Å². The lowest BCUT2D eigenvalue weighted by atomic mass is 10.2. The number of amides is 1. The summed E-state index contributed by atoms with van der Waals surface area (Å²) in [5.41, 5.74) is 0.753. The zero-order valence-electron chi connectivity index (χ0n) is 8.39. The van der Waals surface area contributed by atoms with E-state index < -0.39 is 10.0 Å². The molecule has 0 saturated carbocycles. The van der Waals surface area contributed by atoms with Crippen LogP contribution in [0.3, 0.4) is 0 Å². The van der Waals surface area contributed by atoms with Crippen LogP contribution in [0.1, 0.15) is 12.0 Å². The molecule has 0 aliphatic carbocycles. The standard InChI is InChI=1S/C10H10ClNO3S/c11-9-3-1-8(2-4-9)7-12-10(13)5-6-16(12,14)15/h1-4H,5-7H2. The van der Waals surface area contributed by atoms with E-state index in [2.05, 4.69) is 0 Å². The molecule has 1 aromatic rings. The quantitative estimate of drug-likeness (QED) is 0.807. The number of rotatable bonds is 2. The molecule has 2 rings (SSSR count). The van der Waals surface area contributed by atoms with Gasteiger partial charge in [0.25, 0.3) is 0 Å². The van der Waals surface area contributed by atoms with Crippen molar-refractivity contribution in [2.24, 2.45) is 0 Å². The Morgan fingerprint density at radius 3 is 2.38 bits per heavy atom. The maximum Gasteiger partial charge on any atom is 0.238 e. The number of benzene rings is 1. The van der Waals surface area contributed by atoms with Gasteiger partial charge in [-0.2, -0.15) is 0 Å². The average molecular weight is 260 g/mol. The summed E-state index contributed by atoms with van der Waals surface area (Å²) in [6, 6.07) is 6.76. The van der Waals surface area contributed by atoms with E-state index in [4.69, 9.17) is 11.6 Å². The van der Waals surface area contributed by atoms with Crippen LogP contribution >= 0.6 is 11.6 Å². The summed E-state index contributed by atoms with van der Waals surface area (Å²) < 4.78 is 24.0. The highest BCUT2D eigenvalue weighted by molar-refractivity contribution is 7.90. The molecule has 1 aromatic carbocycles. The Hall–Kier alpha value is -1.07. The average Bonchev–Trinajstić information content (AvgIpc) is 2.48. The van der Waals surface area contributed by atoms with Gasteiger partial charge in [-0.3, -0.25) is 4.79 Å². The topological polar surface area (TPSA) is 54.5 Å². The summed E-state index contributed by atoms with van der Waals surface area (Å²) in [6.07, 6.45) is 0.0793. The van der Waals surface area contributed by atoms with E-state index in [1.165, 1.54) is 0 Å². The zero-order valence-corrected chi connectivity index (χ0v) is 9.96. The van der Waals surface area contributed by atoms with Crippen LogP contribution in [0.25, 0.3) is 0 Å². The first-order valence-electron chi connectivity index (χ1n) is 4.77. The molecule has 1 amide bonds. The second-order valence-corrected chi connectivity index (χ2v) is 6.04. The molecule has 1 heterocycles. The fourth-order valence-corrected chi connectivity index (χ4v) is 3.07. The van der Waals surface area contributed by atoms with Crippen LogP contribution in [0.4, 0.5) is 0 Å². The smallest absolute Gasteiger partial charge is 0.238 e. The number of carbonyl (C=O) groups is 1. The van der Waals surface area contributed by atoms with Crippen LogP contribution in [-0.2, 0) is 21.4 Å². The zero-order chi connectivity index (χ0) is 11.8. The number of hydrogen-bond acceptors (Lipinski definition) is 3. The van der Waals surface area contributed by atoms with E-state index in [9.17, 15) is 13.2 Å². The number of hydrogen-bond donors (Lipinski definition) is 0. The van der Waals surface area contributed by atoms with Crippen LogP contribution in [0, 0.1) is 0 Å². The molecule has 0 unspecified atom stereocenters. The molecule has 0 aromatic heterocycles. The second kappa shape index (κ2) is 4.07. The van der Waals surface area contributed by atoms with Crippen molar-refractivity contribution in [2.45, 2.75) is 13.0 Å². The van der Waals surface area contributed by atoms with Gasteiger partial charge in [-0.25, -0.2) is 12.7 Å². The van der Waals surface area contributed by atoms with Crippen LogP contribution in [0.2, 0.25) is 5.02 Å². The van der Waals surface area contributed by atoms with Crippen molar-refractivity contribution in [2.75, 3.05) is 5.75 Å². The lowest BCUT2D eigenvalue weighted by Gasteiger charge is -2.14. The summed E-state index contributed by atoms with van der Waals surface area (Å²) in [7, 11) is -3.39. The Kier molecular flexibility index (Phi) is 2.90. The monoisotopic (exact) mass is 259 g/mol. The molecule has 4 nitrogen and oxygen atoms in total. The summed E-state index contributed by atoms with van der Waals surface area (Å²) in [4.78, 5) is 11.4. The molecular formula is C10H10ClNO3S. The molecule has 0 spiro atoms. The van der Waals surface area contributed by atoms with Gasteiger partial charge in [0.15, 0.2) is 0 Å². The predicted molar refractivity (Wildman–Crippen MR) is 60.4 cm³/mol.